The highest BCUT2D eigenvalue weighted by Crippen LogP contribution is 2.09. The van der Waals surface area contributed by atoms with Crippen molar-refractivity contribution < 1.29 is 14.3 Å². The van der Waals surface area contributed by atoms with Crippen LogP contribution in [0.15, 0.2) is 0 Å². The Labute approximate surface area is 85.0 Å². The lowest BCUT2D eigenvalue weighted by Gasteiger charge is -2.22. The molecule has 1 aliphatic heterocycles. The van der Waals surface area contributed by atoms with Gasteiger partial charge < -0.3 is 14.8 Å². The average Bonchev–Trinajstić information content (AvgIpc) is 2.68. The molecule has 0 saturated carbocycles. The van der Waals surface area contributed by atoms with Gasteiger partial charge in [-0.25, -0.2) is 0 Å². The van der Waals surface area contributed by atoms with Crippen LogP contribution < -0.4 is 5.32 Å². The second kappa shape index (κ2) is 5.32. The maximum atomic E-state index is 11.2. The second-order valence-corrected chi connectivity index (χ2v) is 3.83. The van der Waals surface area contributed by atoms with Crippen LogP contribution in [0, 0.1) is 5.92 Å². The third-order valence-corrected chi connectivity index (χ3v) is 2.75. The van der Waals surface area contributed by atoms with Crippen molar-refractivity contribution in [2.24, 2.45) is 5.92 Å². The highest BCUT2D eigenvalue weighted by atomic mass is 16.5. The molecular formula is C10H19NO3. The van der Waals surface area contributed by atoms with Crippen molar-refractivity contribution >= 4 is 5.97 Å². The van der Waals surface area contributed by atoms with Crippen LogP contribution in [0.5, 0.6) is 0 Å². The van der Waals surface area contributed by atoms with Gasteiger partial charge in [0.25, 0.3) is 0 Å². The number of carbonyl (C=O) groups excluding carboxylic acids is 1. The van der Waals surface area contributed by atoms with E-state index in [1.54, 1.807) is 0 Å². The Hall–Kier alpha value is -0.610. The van der Waals surface area contributed by atoms with Crippen molar-refractivity contribution in [3.8, 4) is 0 Å². The van der Waals surface area contributed by atoms with Gasteiger partial charge in [-0.05, 0) is 13.3 Å². The number of ether oxygens (including phenoxy) is 2. The predicted octanol–water partition coefficient (Wildman–Crippen LogP) is 0.562. The van der Waals surface area contributed by atoms with Gasteiger partial charge in [-0.15, -0.1) is 0 Å². The van der Waals surface area contributed by atoms with Crippen LogP contribution >= 0.6 is 0 Å². The number of nitrogens with one attached hydrogen (secondary N) is 1. The molecule has 0 radical (unpaired) electrons. The van der Waals surface area contributed by atoms with E-state index in [-0.39, 0.29) is 17.9 Å². The molecule has 14 heavy (non-hydrogen) atoms. The Morgan fingerprint density at radius 1 is 1.57 bits per heavy atom. The Kier molecular flexibility index (Phi) is 4.35. The van der Waals surface area contributed by atoms with Crippen molar-refractivity contribution in [3.63, 3.8) is 0 Å². The molecule has 0 aromatic carbocycles. The van der Waals surface area contributed by atoms with Gasteiger partial charge in [-0.2, -0.15) is 0 Å². The first-order valence-corrected chi connectivity index (χ1v) is 5.06. The fourth-order valence-electron chi connectivity index (χ4n) is 1.57. The topological polar surface area (TPSA) is 47.6 Å². The smallest absolute Gasteiger partial charge is 0.309 e. The number of hydrogen-bond acceptors (Lipinski definition) is 4. The summed E-state index contributed by atoms with van der Waals surface area (Å²) in [4.78, 5) is 11.2. The first kappa shape index (κ1) is 11.5. The van der Waals surface area contributed by atoms with Crippen molar-refractivity contribution in [3.05, 3.63) is 0 Å². The largest absolute Gasteiger partial charge is 0.469 e. The van der Waals surface area contributed by atoms with E-state index in [1.807, 2.05) is 13.8 Å². The van der Waals surface area contributed by atoms with Gasteiger partial charge in [-0.1, -0.05) is 6.92 Å². The summed E-state index contributed by atoms with van der Waals surface area (Å²) in [5.41, 5.74) is 0. The highest BCUT2D eigenvalue weighted by Gasteiger charge is 2.24. The predicted molar refractivity (Wildman–Crippen MR) is 53.0 cm³/mol. The molecule has 1 saturated heterocycles. The van der Waals surface area contributed by atoms with E-state index in [2.05, 4.69) is 10.1 Å². The first-order chi connectivity index (χ1) is 6.65. The summed E-state index contributed by atoms with van der Waals surface area (Å²) in [5, 5.41) is 3.37. The molecule has 4 heteroatoms. The van der Waals surface area contributed by atoms with Crippen LogP contribution in [0.1, 0.15) is 20.3 Å². The maximum Gasteiger partial charge on any atom is 0.309 e. The molecule has 3 unspecified atom stereocenters. The Morgan fingerprint density at radius 2 is 2.29 bits per heavy atom. The van der Waals surface area contributed by atoms with E-state index in [4.69, 9.17) is 4.74 Å². The maximum absolute atomic E-state index is 11.2. The van der Waals surface area contributed by atoms with Crippen molar-refractivity contribution in [1.29, 1.82) is 0 Å². The summed E-state index contributed by atoms with van der Waals surface area (Å²) in [6, 6.07) is 0.520. The molecule has 82 valence electrons. The van der Waals surface area contributed by atoms with E-state index >= 15 is 0 Å². The lowest BCUT2D eigenvalue weighted by atomic mass is 10.0. The summed E-state index contributed by atoms with van der Waals surface area (Å²) in [6.45, 7) is 5.44. The minimum absolute atomic E-state index is 0.111. The summed E-state index contributed by atoms with van der Waals surface area (Å²) in [6.07, 6.45) is 1.03. The average molecular weight is 201 g/mol. The molecule has 1 N–H and O–H groups in total. The van der Waals surface area contributed by atoms with Gasteiger partial charge >= 0.3 is 5.97 Å². The molecule has 1 fully saturated rings. The molecule has 0 aliphatic carbocycles. The van der Waals surface area contributed by atoms with E-state index in [0.29, 0.717) is 6.04 Å². The summed E-state index contributed by atoms with van der Waals surface area (Å²) in [5.74, 6) is -0.274. The zero-order valence-corrected chi connectivity index (χ0v) is 9.08. The number of esters is 1. The zero-order chi connectivity index (χ0) is 10.6. The van der Waals surface area contributed by atoms with Gasteiger partial charge in [0.15, 0.2) is 0 Å². The fourth-order valence-corrected chi connectivity index (χ4v) is 1.57. The van der Waals surface area contributed by atoms with Crippen LogP contribution in [0.4, 0.5) is 0 Å². The lowest BCUT2D eigenvalue weighted by molar-refractivity contribution is -0.145. The first-order valence-electron chi connectivity index (χ1n) is 5.06. The van der Waals surface area contributed by atoms with Crippen LogP contribution in [0.25, 0.3) is 0 Å². The van der Waals surface area contributed by atoms with Gasteiger partial charge in [0.2, 0.25) is 0 Å². The molecule has 0 spiro atoms. The van der Waals surface area contributed by atoms with Crippen molar-refractivity contribution in [2.75, 3.05) is 20.3 Å². The molecule has 4 nitrogen and oxygen atoms in total. The highest BCUT2D eigenvalue weighted by molar-refractivity contribution is 5.72. The molecule has 3 atom stereocenters. The summed E-state index contributed by atoms with van der Waals surface area (Å²) in [7, 11) is 1.42. The fraction of sp³-hybridized carbons (Fsp3) is 0.900. The van der Waals surface area contributed by atoms with E-state index in [0.717, 1.165) is 19.6 Å². The molecule has 0 bridgehead atoms. The van der Waals surface area contributed by atoms with Crippen molar-refractivity contribution in [2.45, 2.75) is 32.4 Å². The van der Waals surface area contributed by atoms with Gasteiger partial charge in [0, 0.05) is 18.7 Å². The minimum atomic E-state index is -0.163. The van der Waals surface area contributed by atoms with E-state index in [1.165, 1.54) is 7.11 Å². The number of rotatable bonds is 4. The van der Waals surface area contributed by atoms with Crippen LogP contribution in [-0.4, -0.2) is 38.4 Å². The molecule has 1 heterocycles. The van der Waals surface area contributed by atoms with Gasteiger partial charge in [0.05, 0.1) is 19.6 Å². The molecule has 1 rings (SSSR count). The lowest BCUT2D eigenvalue weighted by Crippen LogP contribution is -2.43. The SMILES string of the molecule is COC(=O)C(C)C(C)NC1CCOC1. The third-order valence-electron chi connectivity index (χ3n) is 2.75. The monoisotopic (exact) mass is 201 g/mol. The Balaban J connectivity index is 2.32. The zero-order valence-electron chi connectivity index (χ0n) is 9.08. The van der Waals surface area contributed by atoms with E-state index < -0.39 is 0 Å². The normalized spacial score (nSPS) is 25.8. The Morgan fingerprint density at radius 3 is 2.79 bits per heavy atom. The minimum Gasteiger partial charge on any atom is -0.469 e. The second-order valence-electron chi connectivity index (χ2n) is 3.83. The molecule has 0 aromatic rings. The molecular weight excluding hydrogens is 182 g/mol. The standard InChI is InChI=1S/C10H19NO3/c1-7(10(12)13-3)8(2)11-9-4-5-14-6-9/h7-9,11H,4-6H2,1-3H3. The Bertz CT molecular complexity index is 190. The number of hydrogen-bond donors (Lipinski definition) is 1. The van der Waals surface area contributed by atoms with Crippen LogP contribution in [-0.2, 0) is 14.3 Å². The summed E-state index contributed by atoms with van der Waals surface area (Å²) < 4.78 is 9.93. The molecule has 0 aromatic heterocycles. The summed E-state index contributed by atoms with van der Waals surface area (Å²) >= 11 is 0. The van der Waals surface area contributed by atoms with Crippen LogP contribution in [0.3, 0.4) is 0 Å². The van der Waals surface area contributed by atoms with Gasteiger partial charge in [-0.3, -0.25) is 4.79 Å². The van der Waals surface area contributed by atoms with E-state index in [9.17, 15) is 4.79 Å². The molecule has 1 aliphatic rings. The third kappa shape index (κ3) is 2.96. The molecule has 0 amide bonds. The number of carbonyl (C=O) groups is 1. The quantitative estimate of drug-likeness (QED) is 0.675. The van der Waals surface area contributed by atoms with Crippen LogP contribution in [0.2, 0.25) is 0 Å². The van der Waals surface area contributed by atoms with Crippen molar-refractivity contribution in [1.82, 2.24) is 5.32 Å². The van der Waals surface area contributed by atoms with Gasteiger partial charge in [0.1, 0.15) is 0 Å². The number of methoxy groups -OCH3 is 1.